The van der Waals surface area contributed by atoms with Gasteiger partial charge in [0.2, 0.25) is 5.91 Å². The third kappa shape index (κ3) is 7.02. The molecule has 0 bridgehead atoms. The lowest BCUT2D eigenvalue weighted by Gasteiger charge is -2.36. The van der Waals surface area contributed by atoms with E-state index in [1.165, 1.54) is 12.8 Å². The molecule has 6 heteroatoms. The summed E-state index contributed by atoms with van der Waals surface area (Å²) in [6.07, 6.45) is 8.16. The van der Waals surface area contributed by atoms with Crippen molar-refractivity contribution in [2.45, 2.75) is 38.6 Å². The first-order valence-electron chi connectivity index (χ1n) is 9.80. The molecule has 1 aliphatic rings. The van der Waals surface area contributed by atoms with E-state index in [2.05, 4.69) is 16.7 Å². The minimum absolute atomic E-state index is 0. The number of rotatable bonds is 8. The Balaban J connectivity index is 0.00000392. The van der Waals surface area contributed by atoms with E-state index in [1.807, 2.05) is 38.4 Å². The summed E-state index contributed by atoms with van der Waals surface area (Å²) in [4.78, 5) is 17.1. The van der Waals surface area contributed by atoms with Gasteiger partial charge in [0.1, 0.15) is 0 Å². The van der Waals surface area contributed by atoms with Crippen LogP contribution in [-0.2, 0) is 4.79 Å². The number of ether oxygens (including phenoxy) is 2. The summed E-state index contributed by atoms with van der Waals surface area (Å²) < 4.78 is 10.6. The summed E-state index contributed by atoms with van der Waals surface area (Å²) in [5.41, 5.74) is 0.922. The molecule has 1 fully saturated rings. The van der Waals surface area contributed by atoms with Crippen molar-refractivity contribution >= 4 is 24.4 Å². The van der Waals surface area contributed by atoms with Gasteiger partial charge in [0.05, 0.1) is 14.2 Å². The monoisotopic (exact) mass is 410 g/mol. The smallest absolute Gasteiger partial charge is 0.246 e. The Kier molecular flexibility index (Phi) is 10.4. The zero-order chi connectivity index (χ0) is 19.8. The first-order valence-corrected chi connectivity index (χ1v) is 9.80. The van der Waals surface area contributed by atoms with Gasteiger partial charge >= 0.3 is 0 Å². The van der Waals surface area contributed by atoms with Gasteiger partial charge in [0.15, 0.2) is 11.5 Å². The number of carbonyl (C=O) groups is 1. The van der Waals surface area contributed by atoms with Crippen LogP contribution in [0.15, 0.2) is 24.3 Å². The Morgan fingerprint density at radius 1 is 1.07 bits per heavy atom. The van der Waals surface area contributed by atoms with Crippen LogP contribution in [-0.4, -0.2) is 63.2 Å². The largest absolute Gasteiger partial charge is 0.493 e. The summed E-state index contributed by atoms with van der Waals surface area (Å²) >= 11 is 0. The van der Waals surface area contributed by atoms with Crippen LogP contribution in [0.2, 0.25) is 0 Å². The van der Waals surface area contributed by atoms with Crippen molar-refractivity contribution in [1.82, 2.24) is 9.80 Å². The Labute approximate surface area is 176 Å². The van der Waals surface area contributed by atoms with E-state index in [9.17, 15) is 4.79 Å². The molecule has 1 saturated carbocycles. The zero-order valence-corrected chi connectivity index (χ0v) is 18.6. The van der Waals surface area contributed by atoms with Crippen LogP contribution in [0.3, 0.4) is 0 Å². The zero-order valence-electron chi connectivity index (χ0n) is 17.8. The second kappa shape index (κ2) is 12.0. The van der Waals surface area contributed by atoms with Crippen LogP contribution >= 0.6 is 12.4 Å². The molecule has 0 aromatic heterocycles. The van der Waals surface area contributed by atoms with Crippen LogP contribution in [0.1, 0.15) is 38.2 Å². The standard InChI is InChI=1S/C22H34N2O3.ClH/c1-17-6-10-19(11-7-17)24(15-14-23(2)3)22(25)13-9-18-8-12-20(26-4)21(16-18)27-5;/h8-9,12-13,16-17,19H,6-7,10-11,14-15H2,1-5H3;1H/t17-,19-;. The second-order valence-electron chi connectivity index (χ2n) is 7.70. The Bertz CT molecular complexity index is 641. The van der Waals surface area contributed by atoms with E-state index in [0.29, 0.717) is 17.5 Å². The van der Waals surface area contributed by atoms with Crippen LogP contribution in [0.25, 0.3) is 6.08 Å². The lowest BCUT2D eigenvalue weighted by atomic mass is 9.86. The topological polar surface area (TPSA) is 42.0 Å². The molecule has 2 rings (SSSR count). The molecule has 0 spiro atoms. The number of methoxy groups -OCH3 is 2. The highest BCUT2D eigenvalue weighted by Crippen LogP contribution is 2.29. The lowest BCUT2D eigenvalue weighted by molar-refractivity contribution is -0.129. The average molecular weight is 411 g/mol. The molecule has 1 aromatic carbocycles. The number of halogens is 1. The maximum Gasteiger partial charge on any atom is 0.246 e. The summed E-state index contributed by atoms with van der Waals surface area (Å²) in [6, 6.07) is 6.02. The molecule has 0 saturated heterocycles. The first-order chi connectivity index (χ1) is 12.9. The quantitative estimate of drug-likeness (QED) is 0.605. The molecule has 158 valence electrons. The molecule has 0 N–H and O–H groups in total. The Morgan fingerprint density at radius 2 is 1.71 bits per heavy atom. The van der Waals surface area contributed by atoms with E-state index < -0.39 is 0 Å². The molecule has 1 amide bonds. The fraction of sp³-hybridized carbons (Fsp3) is 0.591. The van der Waals surface area contributed by atoms with Gasteiger partial charge in [0, 0.05) is 25.2 Å². The number of hydrogen-bond donors (Lipinski definition) is 0. The SMILES string of the molecule is COc1ccc(C=CC(=O)N(CCN(C)C)[C@H]2CC[C@H](C)CC2)cc1OC.Cl. The van der Waals surface area contributed by atoms with Gasteiger partial charge in [-0.3, -0.25) is 4.79 Å². The van der Waals surface area contributed by atoms with Gasteiger partial charge in [-0.05, 0) is 69.5 Å². The van der Waals surface area contributed by atoms with E-state index >= 15 is 0 Å². The highest BCUT2D eigenvalue weighted by molar-refractivity contribution is 5.92. The summed E-state index contributed by atoms with van der Waals surface area (Å²) in [7, 11) is 7.32. The number of carbonyl (C=O) groups excluding carboxylic acids is 1. The predicted molar refractivity (Wildman–Crippen MR) is 118 cm³/mol. The highest BCUT2D eigenvalue weighted by atomic mass is 35.5. The second-order valence-corrected chi connectivity index (χ2v) is 7.70. The Morgan fingerprint density at radius 3 is 2.29 bits per heavy atom. The third-order valence-corrected chi connectivity index (χ3v) is 5.32. The van der Waals surface area contributed by atoms with E-state index in [4.69, 9.17) is 9.47 Å². The maximum absolute atomic E-state index is 13.0. The number of benzene rings is 1. The number of nitrogens with zero attached hydrogens (tertiary/aromatic N) is 2. The molecule has 5 nitrogen and oxygen atoms in total. The van der Waals surface area contributed by atoms with Crippen molar-refractivity contribution in [2.75, 3.05) is 41.4 Å². The van der Waals surface area contributed by atoms with Gasteiger partial charge in [-0.15, -0.1) is 12.4 Å². The van der Waals surface area contributed by atoms with E-state index in [1.54, 1.807) is 20.3 Å². The van der Waals surface area contributed by atoms with E-state index in [-0.39, 0.29) is 18.3 Å². The van der Waals surface area contributed by atoms with Crippen molar-refractivity contribution in [3.8, 4) is 11.5 Å². The maximum atomic E-state index is 13.0. The summed E-state index contributed by atoms with van der Waals surface area (Å²) in [5.74, 6) is 2.21. The number of hydrogen-bond acceptors (Lipinski definition) is 4. The number of likely N-dealkylation sites (N-methyl/N-ethyl adjacent to an activating group) is 1. The minimum Gasteiger partial charge on any atom is -0.493 e. The molecule has 0 radical (unpaired) electrons. The highest BCUT2D eigenvalue weighted by Gasteiger charge is 2.26. The van der Waals surface area contributed by atoms with Crippen LogP contribution in [0.5, 0.6) is 11.5 Å². The third-order valence-electron chi connectivity index (χ3n) is 5.32. The Hall–Kier alpha value is -1.72. The van der Waals surface area contributed by atoms with Crippen molar-refractivity contribution in [3.63, 3.8) is 0 Å². The first kappa shape index (κ1) is 24.3. The summed E-state index contributed by atoms with van der Waals surface area (Å²) in [5, 5.41) is 0. The van der Waals surface area contributed by atoms with Gasteiger partial charge < -0.3 is 19.3 Å². The van der Waals surface area contributed by atoms with Crippen LogP contribution < -0.4 is 9.47 Å². The fourth-order valence-corrected chi connectivity index (χ4v) is 3.55. The molecule has 0 heterocycles. The molecule has 1 aliphatic carbocycles. The van der Waals surface area contributed by atoms with Gasteiger partial charge in [-0.25, -0.2) is 0 Å². The summed E-state index contributed by atoms with van der Waals surface area (Å²) in [6.45, 7) is 3.95. The molecule has 1 aromatic rings. The molecule has 0 aliphatic heterocycles. The average Bonchev–Trinajstić information content (AvgIpc) is 2.67. The van der Waals surface area contributed by atoms with Crippen molar-refractivity contribution < 1.29 is 14.3 Å². The minimum atomic E-state index is 0. The molecular formula is C22H35ClN2O3. The predicted octanol–water partition coefficient (Wildman–Crippen LogP) is 4.11. The number of amides is 1. The van der Waals surface area contributed by atoms with Crippen molar-refractivity contribution in [1.29, 1.82) is 0 Å². The van der Waals surface area contributed by atoms with Gasteiger partial charge in [-0.2, -0.15) is 0 Å². The molecular weight excluding hydrogens is 376 g/mol. The lowest BCUT2D eigenvalue weighted by Crippen LogP contribution is -2.44. The van der Waals surface area contributed by atoms with Crippen molar-refractivity contribution in [3.05, 3.63) is 29.8 Å². The molecule has 28 heavy (non-hydrogen) atoms. The van der Waals surface area contributed by atoms with Gasteiger partial charge in [-0.1, -0.05) is 13.0 Å². The van der Waals surface area contributed by atoms with Crippen molar-refractivity contribution in [2.24, 2.45) is 5.92 Å². The fourth-order valence-electron chi connectivity index (χ4n) is 3.55. The van der Waals surface area contributed by atoms with Crippen LogP contribution in [0.4, 0.5) is 0 Å². The normalized spacial score (nSPS) is 19.4. The van der Waals surface area contributed by atoms with Gasteiger partial charge in [0.25, 0.3) is 0 Å². The van der Waals surface area contributed by atoms with E-state index in [0.717, 1.165) is 37.4 Å². The molecule has 0 unspecified atom stereocenters. The molecule has 0 atom stereocenters. The van der Waals surface area contributed by atoms with Crippen LogP contribution in [0, 0.1) is 5.92 Å².